The third-order valence-electron chi connectivity index (χ3n) is 3.11. The van der Waals surface area contributed by atoms with Crippen molar-refractivity contribution < 1.29 is 0 Å². The highest BCUT2D eigenvalue weighted by Gasteiger charge is 2.12. The molecule has 90 valence electrons. The Morgan fingerprint density at radius 3 is 2.82 bits per heavy atom. The summed E-state index contributed by atoms with van der Waals surface area (Å²) in [6.45, 7) is 7.42. The third kappa shape index (κ3) is 2.52. The number of rotatable bonds is 3. The predicted molar refractivity (Wildman–Crippen MR) is 75.1 cm³/mol. The van der Waals surface area contributed by atoms with Crippen LogP contribution in [0.5, 0.6) is 0 Å². The molecule has 1 aliphatic rings. The summed E-state index contributed by atoms with van der Waals surface area (Å²) in [4.78, 5) is 0. The van der Waals surface area contributed by atoms with E-state index in [4.69, 9.17) is 0 Å². The third-order valence-corrected chi connectivity index (χ3v) is 3.11. The highest BCUT2D eigenvalue weighted by atomic mass is 14.9. The van der Waals surface area contributed by atoms with Crippen molar-refractivity contribution in [3.63, 3.8) is 0 Å². The summed E-state index contributed by atoms with van der Waals surface area (Å²) in [5.74, 6) is 0. The van der Waals surface area contributed by atoms with Gasteiger partial charge in [-0.25, -0.2) is 0 Å². The van der Waals surface area contributed by atoms with Gasteiger partial charge < -0.3 is 10.6 Å². The fourth-order valence-electron chi connectivity index (χ4n) is 2.16. The van der Waals surface area contributed by atoms with Gasteiger partial charge in [-0.3, -0.25) is 0 Å². The number of allylic oxidation sites excluding steroid dienone is 2. The summed E-state index contributed by atoms with van der Waals surface area (Å²) in [6.07, 6.45) is 6.24. The van der Waals surface area contributed by atoms with Gasteiger partial charge in [0.2, 0.25) is 0 Å². The number of nitrogens with one attached hydrogen (secondary N) is 2. The molecule has 17 heavy (non-hydrogen) atoms. The van der Waals surface area contributed by atoms with Crippen molar-refractivity contribution in [3.8, 4) is 0 Å². The van der Waals surface area contributed by atoms with Crippen LogP contribution in [-0.4, -0.2) is 12.6 Å². The van der Waals surface area contributed by atoms with Crippen LogP contribution in [-0.2, 0) is 0 Å². The Morgan fingerprint density at radius 2 is 2.18 bits per heavy atom. The van der Waals surface area contributed by atoms with Gasteiger partial charge in [-0.1, -0.05) is 12.1 Å². The lowest BCUT2D eigenvalue weighted by atomic mass is 9.96. The molecule has 2 heteroatoms. The molecule has 0 saturated carbocycles. The monoisotopic (exact) mass is 228 g/mol. The van der Waals surface area contributed by atoms with Crippen molar-refractivity contribution in [1.82, 2.24) is 5.32 Å². The molecule has 2 rings (SSSR count). The van der Waals surface area contributed by atoms with Crippen molar-refractivity contribution in [1.29, 1.82) is 0 Å². The van der Waals surface area contributed by atoms with Gasteiger partial charge in [0.05, 0.1) is 0 Å². The Kier molecular flexibility index (Phi) is 3.52. The molecule has 1 heterocycles. The fourth-order valence-corrected chi connectivity index (χ4v) is 2.16. The van der Waals surface area contributed by atoms with Gasteiger partial charge in [-0.05, 0) is 61.9 Å². The van der Waals surface area contributed by atoms with Gasteiger partial charge in [-0.2, -0.15) is 0 Å². The first-order chi connectivity index (χ1) is 8.22. The molecule has 2 N–H and O–H groups in total. The first kappa shape index (κ1) is 11.8. The van der Waals surface area contributed by atoms with Crippen LogP contribution < -0.4 is 10.6 Å². The van der Waals surface area contributed by atoms with E-state index >= 15 is 0 Å². The van der Waals surface area contributed by atoms with Crippen molar-refractivity contribution >= 4 is 11.3 Å². The lowest BCUT2D eigenvalue weighted by Crippen LogP contribution is -2.24. The number of anilines is 1. The van der Waals surface area contributed by atoms with E-state index < -0.39 is 0 Å². The zero-order valence-electron chi connectivity index (χ0n) is 10.7. The normalized spacial score (nSPS) is 18.5. The summed E-state index contributed by atoms with van der Waals surface area (Å²) in [5, 5.41) is 6.69. The maximum absolute atomic E-state index is 3.37. The Balaban J connectivity index is 2.31. The maximum Gasteiger partial charge on any atom is 0.0486 e. The molecule has 2 nitrogen and oxygen atoms in total. The molecule has 0 fully saturated rings. The van der Waals surface area contributed by atoms with Crippen LogP contribution in [0.25, 0.3) is 5.57 Å². The van der Waals surface area contributed by atoms with Gasteiger partial charge in [0.1, 0.15) is 0 Å². The van der Waals surface area contributed by atoms with Crippen molar-refractivity contribution in [2.24, 2.45) is 0 Å². The minimum Gasteiger partial charge on any atom is -0.385 e. The molecule has 0 radical (unpaired) electrons. The van der Waals surface area contributed by atoms with E-state index in [0.29, 0.717) is 6.04 Å². The number of hydrogen-bond acceptors (Lipinski definition) is 2. The van der Waals surface area contributed by atoms with Crippen LogP contribution in [0.4, 0.5) is 5.69 Å². The quantitative estimate of drug-likeness (QED) is 0.829. The Hall–Kier alpha value is -1.70. The van der Waals surface area contributed by atoms with E-state index in [1.807, 2.05) is 6.20 Å². The van der Waals surface area contributed by atoms with Crippen molar-refractivity contribution in [2.45, 2.75) is 26.8 Å². The van der Waals surface area contributed by atoms with Crippen LogP contribution in [0.2, 0.25) is 0 Å². The molecule has 1 aromatic carbocycles. The topological polar surface area (TPSA) is 24.1 Å². The molecule has 1 aromatic rings. The Labute approximate surface area is 103 Å². The van der Waals surface area contributed by atoms with Crippen LogP contribution in [0.1, 0.15) is 25.0 Å². The van der Waals surface area contributed by atoms with Gasteiger partial charge >= 0.3 is 0 Å². The summed E-state index contributed by atoms with van der Waals surface area (Å²) in [6, 6.07) is 6.99. The summed E-state index contributed by atoms with van der Waals surface area (Å²) in [7, 11) is 0. The lowest BCUT2D eigenvalue weighted by molar-refractivity contribution is 0.778. The summed E-state index contributed by atoms with van der Waals surface area (Å²) in [5.41, 5.74) is 5.17. The first-order valence-electron chi connectivity index (χ1n) is 6.20. The van der Waals surface area contributed by atoms with E-state index in [1.54, 1.807) is 0 Å². The largest absolute Gasteiger partial charge is 0.385 e. The van der Waals surface area contributed by atoms with Gasteiger partial charge in [0.25, 0.3) is 0 Å². The molecule has 0 bridgehead atoms. The predicted octanol–water partition coefficient (Wildman–Crippen LogP) is 3.32. The Morgan fingerprint density at radius 1 is 1.35 bits per heavy atom. The van der Waals surface area contributed by atoms with Crippen LogP contribution in [0.15, 0.2) is 36.6 Å². The van der Waals surface area contributed by atoms with Crippen LogP contribution >= 0.6 is 0 Å². The van der Waals surface area contributed by atoms with Crippen LogP contribution in [0.3, 0.4) is 0 Å². The molecule has 0 spiro atoms. The zero-order valence-corrected chi connectivity index (χ0v) is 10.7. The minimum absolute atomic E-state index is 0.379. The molecule has 0 aromatic heterocycles. The SMILES string of the molecule is CCNc1ccc(C2=CC=CNC2C)cc1C. The number of aryl methyl sites for hydroxylation is 1. The molecular formula is C15H20N2. The average molecular weight is 228 g/mol. The second-order valence-corrected chi connectivity index (χ2v) is 4.43. The lowest BCUT2D eigenvalue weighted by Gasteiger charge is -2.20. The maximum atomic E-state index is 3.37. The Bertz CT molecular complexity index is 458. The molecule has 0 saturated heterocycles. The highest BCUT2D eigenvalue weighted by molar-refractivity contribution is 5.74. The number of hydrogen-bond donors (Lipinski definition) is 2. The zero-order chi connectivity index (χ0) is 12.3. The van der Waals surface area contributed by atoms with Gasteiger partial charge in [0.15, 0.2) is 0 Å². The highest BCUT2D eigenvalue weighted by Crippen LogP contribution is 2.25. The molecule has 0 amide bonds. The molecule has 1 unspecified atom stereocenters. The summed E-state index contributed by atoms with van der Waals surface area (Å²) >= 11 is 0. The van der Waals surface area contributed by atoms with Crippen molar-refractivity contribution in [3.05, 3.63) is 47.7 Å². The van der Waals surface area contributed by atoms with E-state index in [2.05, 4.69) is 61.8 Å². The number of benzene rings is 1. The van der Waals surface area contributed by atoms with Gasteiger partial charge in [0, 0.05) is 18.3 Å². The molecule has 1 aliphatic heterocycles. The van der Waals surface area contributed by atoms with Crippen molar-refractivity contribution in [2.75, 3.05) is 11.9 Å². The second kappa shape index (κ2) is 5.09. The fraction of sp³-hybridized carbons (Fsp3) is 0.333. The standard InChI is InChI=1S/C15H20N2/c1-4-16-15-8-7-13(10-11(15)2)14-6-5-9-17-12(14)3/h5-10,12,16-17H,4H2,1-3H3. The molecular weight excluding hydrogens is 208 g/mol. The van der Waals surface area contributed by atoms with E-state index in [-0.39, 0.29) is 0 Å². The molecule has 1 atom stereocenters. The minimum atomic E-state index is 0.379. The van der Waals surface area contributed by atoms with E-state index in [9.17, 15) is 0 Å². The van der Waals surface area contributed by atoms with Crippen LogP contribution in [0, 0.1) is 6.92 Å². The smallest absolute Gasteiger partial charge is 0.0486 e. The van der Waals surface area contributed by atoms with Gasteiger partial charge in [-0.15, -0.1) is 0 Å². The molecule has 0 aliphatic carbocycles. The number of dihydropyridines is 1. The second-order valence-electron chi connectivity index (χ2n) is 4.43. The van der Waals surface area contributed by atoms with E-state index in [0.717, 1.165) is 6.54 Å². The average Bonchev–Trinajstić information content (AvgIpc) is 2.33. The summed E-state index contributed by atoms with van der Waals surface area (Å²) < 4.78 is 0. The van der Waals surface area contributed by atoms with E-state index in [1.165, 1.54) is 22.4 Å². The first-order valence-corrected chi connectivity index (χ1v) is 6.20.